The van der Waals surface area contributed by atoms with Crippen molar-refractivity contribution in [2.45, 2.75) is 6.92 Å². The van der Waals surface area contributed by atoms with E-state index in [0.29, 0.717) is 23.7 Å². The fourth-order valence-electron chi connectivity index (χ4n) is 2.28. The molecule has 5 nitrogen and oxygen atoms in total. The summed E-state index contributed by atoms with van der Waals surface area (Å²) in [6.07, 6.45) is 1.62. The first-order chi connectivity index (χ1) is 12.0. The third-order valence-electron chi connectivity index (χ3n) is 3.46. The normalized spacial score (nSPS) is 11.1. The van der Waals surface area contributed by atoms with Gasteiger partial charge in [-0.25, -0.2) is 4.79 Å². The van der Waals surface area contributed by atoms with Gasteiger partial charge in [-0.15, -0.1) is 0 Å². The predicted octanol–water partition coefficient (Wildman–Crippen LogP) is 4.33. The van der Waals surface area contributed by atoms with E-state index in [1.54, 1.807) is 24.3 Å². The van der Waals surface area contributed by atoms with Gasteiger partial charge in [-0.05, 0) is 71.0 Å². The van der Waals surface area contributed by atoms with E-state index in [1.165, 1.54) is 14.2 Å². The summed E-state index contributed by atoms with van der Waals surface area (Å²) < 4.78 is 16.9. The Kier molecular flexibility index (Phi) is 6.69. The molecule has 0 aromatic heterocycles. The summed E-state index contributed by atoms with van der Waals surface area (Å²) in [6.45, 7) is 2.50. The number of methoxy groups -OCH3 is 2. The fourth-order valence-corrected chi connectivity index (χ4v) is 2.97. The summed E-state index contributed by atoms with van der Waals surface area (Å²) in [6, 6.07) is 10.6. The van der Waals surface area contributed by atoms with Gasteiger partial charge in [0.25, 0.3) is 0 Å². The van der Waals surface area contributed by atoms with Crippen molar-refractivity contribution in [1.29, 1.82) is 0 Å². The molecule has 0 saturated carbocycles. The number of halogens is 1. The van der Waals surface area contributed by atoms with Gasteiger partial charge in [0.1, 0.15) is 17.2 Å². The quantitative estimate of drug-likeness (QED) is 0.383. The molecule has 6 heteroatoms. The van der Waals surface area contributed by atoms with Crippen molar-refractivity contribution < 1.29 is 24.1 Å². The van der Waals surface area contributed by atoms with Crippen molar-refractivity contribution in [3.05, 3.63) is 51.1 Å². The van der Waals surface area contributed by atoms with Crippen LogP contribution in [0.1, 0.15) is 18.1 Å². The topological polar surface area (TPSA) is 65.0 Å². The van der Waals surface area contributed by atoms with E-state index in [2.05, 4.69) is 22.6 Å². The molecular weight excluding hydrogens is 435 g/mol. The third-order valence-corrected chi connectivity index (χ3v) is 4.30. The van der Waals surface area contributed by atoms with Crippen LogP contribution >= 0.6 is 22.6 Å². The van der Waals surface area contributed by atoms with E-state index in [-0.39, 0.29) is 5.57 Å². The maximum absolute atomic E-state index is 11.8. The molecule has 0 heterocycles. The number of carboxylic acid groups (broad SMARTS) is 1. The summed E-state index contributed by atoms with van der Waals surface area (Å²) in [5.41, 5.74) is 1.43. The van der Waals surface area contributed by atoms with Gasteiger partial charge in [0.05, 0.1) is 30.0 Å². The molecule has 0 atom stereocenters. The van der Waals surface area contributed by atoms with Crippen LogP contribution < -0.4 is 14.2 Å². The van der Waals surface area contributed by atoms with E-state index in [9.17, 15) is 9.90 Å². The van der Waals surface area contributed by atoms with Gasteiger partial charge >= 0.3 is 5.97 Å². The first-order valence-electron chi connectivity index (χ1n) is 7.59. The van der Waals surface area contributed by atoms with Gasteiger partial charge < -0.3 is 19.3 Å². The molecular formula is C19H19IO5. The molecule has 132 valence electrons. The Morgan fingerprint density at radius 3 is 2.24 bits per heavy atom. The van der Waals surface area contributed by atoms with Crippen molar-refractivity contribution in [2.75, 3.05) is 20.8 Å². The number of hydrogen-bond donors (Lipinski definition) is 1. The van der Waals surface area contributed by atoms with Crippen molar-refractivity contribution in [3.63, 3.8) is 0 Å². The lowest BCUT2D eigenvalue weighted by atomic mass is 10.0. The van der Waals surface area contributed by atoms with Crippen LogP contribution in [0.2, 0.25) is 0 Å². The highest BCUT2D eigenvalue weighted by molar-refractivity contribution is 14.1. The maximum Gasteiger partial charge on any atom is 0.336 e. The molecule has 0 saturated heterocycles. The molecule has 0 fully saturated rings. The minimum atomic E-state index is -1.03. The van der Waals surface area contributed by atoms with Crippen LogP contribution in [0.5, 0.6) is 17.2 Å². The predicted molar refractivity (Wildman–Crippen MR) is 105 cm³/mol. The second-order valence-electron chi connectivity index (χ2n) is 5.09. The summed E-state index contributed by atoms with van der Waals surface area (Å²) in [4.78, 5) is 11.8. The lowest BCUT2D eigenvalue weighted by molar-refractivity contribution is -0.130. The molecule has 0 aliphatic rings. The van der Waals surface area contributed by atoms with Gasteiger partial charge in [0, 0.05) is 6.07 Å². The SMILES string of the molecule is CCOc1ccc(/C=C(/C(=O)O)c2cc(OC)cc(OC)c2)cc1I. The van der Waals surface area contributed by atoms with Crippen LogP contribution in [0.3, 0.4) is 0 Å². The molecule has 0 bridgehead atoms. The molecule has 0 radical (unpaired) electrons. The fraction of sp³-hybridized carbons (Fsp3) is 0.211. The first kappa shape index (κ1) is 19.1. The van der Waals surface area contributed by atoms with Crippen LogP contribution in [0.4, 0.5) is 0 Å². The molecule has 2 aromatic carbocycles. The molecule has 2 aromatic rings. The number of hydrogen-bond acceptors (Lipinski definition) is 4. The van der Waals surface area contributed by atoms with Crippen LogP contribution in [-0.2, 0) is 4.79 Å². The van der Waals surface area contributed by atoms with Crippen LogP contribution in [0.15, 0.2) is 36.4 Å². The van der Waals surface area contributed by atoms with E-state index in [1.807, 2.05) is 25.1 Å². The van der Waals surface area contributed by atoms with Crippen molar-refractivity contribution >= 4 is 40.2 Å². The number of carbonyl (C=O) groups is 1. The molecule has 2 rings (SSSR count). The minimum absolute atomic E-state index is 0.150. The number of aliphatic carboxylic acids is 1. The Morgan fingerprint density at radius 1 is 1.12 bits per heavy atom. The maximum atomic E-state index is 11.8. The lowest BCUT2D eigenvalue weighted by Gasteiger charge is -2.10. The molecule has 0 unspecified atom stereocenters. The van der Waals surface area contributed by atoms with Crippen molar-refractivity contribution in [3.8, 4) is 17.2 Å². The average Bonchev–Trinajstić information content (AvgIpc) is 2.61. The van der Waals surface area contributed by atoms with Gasteiger partial charge in [-0.3, -0.25) is 0 Å². The number of carboxylic acids is 1. The highest BCUT2D eigenvalue weighted by atomic mass is 127. The Balaban J connectivity index is 2.49. The molecule has 1 N–H and O–H groups in total. The number of rotatable bonds is 7. The van der Waals surface area contributed by atoms with E-state index in [0.717, 1.165) is 14.9 Å². The van der Waals surface area contributed by atoms with Gasteiger partial charge in [-0.2, -0.15) is 0 Å². The van der Waals surface area contributed by atoms with E-state index >= 15 is 0 Å². The second kappa shape index (κ2) is 8.75. The lowest BCUT2D eigenvalue weighted by Crippen LogP contribution is -2.01. The Bertz CT molecular complexity index is 776. The highest BCUT2D eigenvalue weighted by Crippen LogP contribution is 2.30. The Hall–Kier alpha value is -2.22. The van der Waals surface area contributed by atoms with Gasteiger partial charge in [0.15, 0.2) is 0 Å². The molecule has 0 spiro atoms. The second-order valence-corrected chi connectivity index (χ2v) is 6.25. The molecule has 0 aliphatic carbocycles. The third kappa shape index (κ3) is 4.88. The monoisotopic (exact) mass is 454 g/mol. The molecule has 0 aliphatic heterocycles. The minimum Gasteiger partial charge on any atom is -0.497 e. The molecule has 25 heavy (non-hydrogen) atoms. The largest absolute Gasteiger partial charge is 0.497 e. The zero-order chi connectivity index (χ0) is 18.4. The first-order valence-corrected chi connectivity index (χ1v) is 8.67. The van der Waals surface area contributed by atoms with Crippen LogP contribution in [0.25, 0.3) is 11.6 Å². The number of ether oxygens (including phenoxy) is 3. The highest BCUT2D eigenvalue weighted by Gasteiger charge is 2.14. The zero-order valence-electron chi connectivity index (χ0n) is 14.2. The van der Waals surface area contributed by atoms with Crippen molar-refractivity contribution in [2.24, 2.45) is 0 Å². The Morgan fingerprint density at radius 2 is 1.76 bits per heavy atom. The van der Waals surface area contributed by atoms with E-state index in [4.69, 9.17) is 14.2 Å². The Labute approximate surface area is 160 Å². The van der Waals surface area contributed by atoms with Crippen molar-refractivity contribution in [1.82, 2.24) is 0 Å². The summed E-state index contributed by atoms with van der Waals surface area (Å²) in [7, 11) is 3.05. The zero-order valence-corrected chi connectivity index (χ0v) is 16.4. The van der Waals surface area contributed by atoms with Gasteiger partial charge in [-0.1, -0.05) is 6.07 Å². The van der Waals surface area contributed by atoms with Crippen LogP contribution in [0, 0.1) is 3.57 Å². The van der Waals surface area contributed by atoms with E-state index < -0.39 is 5.97 Å². The number of benzene rings is 2. The smallest absolute Gasteiger partial charge is 0.336 e. The van der Waals surface area contributed by atoms with Crippen LogP contribution in [-0.4, -0.2) is 31.9 Å². The van der Waals surface area contributed by atoms with Gasteiger partial charge in [0.2, 0.25) is 0 Å². The summed E-state index contributed by atoms with van der Waals surface area (Å²) in [5.74, 6) is 0.810. The standard InChI is InChI=1S/C19H19IO5/c1-4-25-18-6-5-12(8-17(18)20)7-16(19(21)22)13-9-14(23-2)11-15(10-13)24-3/h5-11H,4H2,1-3H3,(H,21,22)/b16-7+. The summed E-state index contributed by atoms with van der Waals surface area (Å²) in [5, 5.41) is 9.65. The molecule has 0 amide bonds. The summed E-state index contributed by atoms with van der Waals surface area (Å²) >= 11 is 2.17. The average molecular weight is 454 g/mol.